The number of nitrogens with zero attached hydrogens (tertiary/aromatic N) is 1. The highest BCUT2D eigenvalue weighted by Crippen LogP contribution is 2.15. The molecule has 0 radical (unpaired) electrons. The molecule has 1 aliphatic rings. The van der Waals surface area contributed by atoms with Crippen molar-refractivity contribution in [3.8, 4) is 5.75 Å². The molecule has 0 aromatic heterocycles. The zero-order chi connectivity index (χ0) is 18.4. The maximum absolute atomic E-state index is 12.8. The Morgan fingerprint density at radius 3 is 2.52 bits per heavy atom. The van der Waals surface area contributed by atoms with E-state index in [0.29, 0.717) is 17.9 Å². The lowest BCUT2D eigenvalue weighted by Crippen LogP contribution is -2.51. The van der Waals surface area contributed by atoms with Gasteiger partial charge in [0.2, 0.25) is 5.91 Å². The van der Waals surface area contributed by atoms with Crippen LogP contribution < -0.4 is 10.1 Å². The first-order valence-corrected chi connectivity index (χ1v) is 8.74. The lowest BCUT2D eigenvalue weighted by atomic mass is 10.0. The number of amides is 2. The third-order valence-corrected chi connectivity index (χ3v) is 4.45. The van der Waals surface area contributed by atoms with E-state index in [1.165, 1.54) is 0 Å². The van der Waals surface area contributed by atoms with Crippen molar-refractivity contribution in [2.75, 3.05) is 27.3 Å². The number of nitrogens with one attached hydrogen (secondary N) is 1. The van der Waals surface area contributed by atoms with E-state index in [0.717, 1.165) is 19.4 Å². The third-order valence-electron chi connectivity index (χ3n) is 4.45. The van der Waals surface area contributed by atoms with E-state index in [1.54, 1.807) is 43.3 Å². The number of benzene rings is 1. The molecule has 1 aromatic rings. The fourth-order valence-electron chi connectivity index (χ4n) is 2.90. The van der Waals surface area contributed by atoms with Crippen molar-refractivity contribution >= 4 is 11.8 Å². The molecule has 1 saturated heterocycles. The summed E-state index contributed by atoms with van der Waals surface area (Å²) in [5, 5.41) is 2.86. The van der Waals surface area contributed by atoms with Crippen LogP contribution in [0.25, 0.3) is 0 Å². The molecule has 0 spiro atoms. The second kappa shape index (κ2) is 8.85. The molecule has 1 aromatic carbocycles. The second-order valence-electron chi connectivity index (χ2n) is 6.78. The van der Waals surface area contributed by atoms with Gasteiger partial charge in [-0.15, -0.1) is 0 Å². The van der Waals surface area contributed by atoms with Crippen LogP contribution in [0.15, 0.2) is 24.3 Å². The number of hydrogen-bond acceptors (Lipinski definition) is 4. The predicted octanol–water partition coefficient (Wildman–Crippen LogP) is 2.09. The molecule has 1 fully saturated rings. The zero-order valence-corrected chi connectivity index (χ0v) is 15.5. The molecule has 2 amide bonds. The van der Waals surface area contributed by atoms with Crippen LogP contribution in [0.3, 0.4) is 0 Å². The van der Waals surface area contributed by atoms with Gasteiger partial charge in [-0.2, -0.15) is 0 Å². The third kappa shape index (κ3) is 5.19. The molecule has 2 unspecified atom stereocenters. The summed E-state index contributed by atoms with van der Waals surface area (Å²) < 4.78 is 10.7. The molecule has 2 rings (SSSR count). The molecule has 1 N–H and O–H groups in total. The van der Waals surface area contributed by atoms with Crippen LogP contribution in [-0.4, -0.2) is 56.2 Å². The average Bonchev–Trinajstić information content (AvgIpc) is 3.11. The van der Waals surface area contributed by atoms with Gasteiger partial charge in [-0.1, -0.05) is 13.8 Å². The summed E-state index contributed by atoms with van der Waals surface area (Å²) in [4.78, 5) is 26.9. The van der Waals surface area contributed by atoms with E-state index < -0.39 is 6.04 Å². The fourth-order valence-corrected chi connectivity index (χ4v) is 2.90. The van der Waals surface area contributed by atoms with Gasteiger partial charge in [0.05, 0.1) is 13.2 Å². The summed E-state index contributed by atoms with van der Waals surface area (Å²) in [5.41, 5.74) is 0.501. The molecule has 25 heavy (non-hydrogen) atoms. The minimum atomic E-state index is -0.569. The Kier molecular flexibility index (Phi) is 6.82. The molecule has 1 aliphatic heterocycles. The Bertz CT molecular complexity index is 580. The number of carbonyl (C=O) groups is 2. The van der Waals surface area contributed by atoms with Crippen LogP contribution >= 0.6 is 0 Å². The van der Waals surface area contributed by atoms with Crippen molar-refractivity contribution in [3.63, 3.8) is 0 Å². The van der Waals surface area contributed by atoms with Crippen LogP contribution in [0.5, 0.6) is 5.75 Å². The summed E-state index contributed by atoms with van der Waals surface area (Å²) >= 11 is 0. The number of rotatable bonds is 7. The van der Waals surface area contributed by atoms with Gasteiger partial charge in [-0.25, -0.2) is 0 Å². The molecule has 6 heteroatoms. The van der Waals surface area contributed by atoms with E-state index >= 15 is 0 Å². The molecule has 0 saturated carbocycles. The van der Waals surface area contributed by atoms with Crippen molar-refractivity contribution in [1.82, 2.24) is 10.2 Å². The maximum Gasteiger partial charge on any atom is 0.251 e. The Balaban J connectivity index is 2.00. The molecule has 0 aliphatic carbocycles. The molecule has 138 valence electrons. The molecule has 2 atom stereocenters. The summed E-state index contributed by atoms with van der Waals surface area (Å²) in [7, 11) is 3.34. The van der Waals surface area contributed by atoms with Crippen LogP contribution in [0, 0.1) is 5.92 Å². The molecular formula is C19H28N2O4. The number of likely N-dealkylation sites (N-methyl/N-ethyl adjacent to an activating group) is 1. The highest BCUT2D eigenvalue weighted by molar-refractivity contribution is 5.97. The zero-order valence-electron chi connectivity index (χ0n) is 15.5. The first kappa shape index (κ1) is 19.2. The second-order valence-corrected chi connectivity index (χ2v) is 6.78. The number of carbonyl (C=O) groups excluding carboxylic acids is 2. The van der Waals surface area contributed by atoms with Gasteiger partial charge in [0, 0.05) is 25.8 Å². The van der Waals surface area contributed by atoms with Gasteiger partial charge in [-0.05, 0) is 43.0 Å². The first-order valence-electron chi connectivity index (χ1n) is 8.74. The van der Waals surface area contributed by atoms with Crippen molar-refractivity contribution in [2.45, 2.75) is 38.8 Å². The van der Waals surface area contributed by atoms with Gasteiger partial charge in [0.25, 0.3) is 5.91 Å². The van der Waals surface area contributed by atoms with Crippen molar-refractivity contribution in [3.05, 3.63) is 29.8 Å². The normalized spacial score (nSPS) is 18.0. The van der Waals surface area contributed by atoms with Crippen molar-refractivity contribution < 1.29 is 19.1 Å². The van der Waals surface area contributed by atoms with Crippen LogP contribution in [0.2, 0.25) is 0 Å². The van der Waals surface area contributed by atoms with E-state index in [-0.39, 0.29) is 23.8 Å². The Morgan fingerprint density at radius 1 is 1.32 bits per heavy atom. The summed E-state index contributed by atoms with van der Waals surface area (Å²) in [6, 6.07) is 6.26. The maximum atomic E-state index is 12.8. The fraction of sp³-hybridized carbons (Fsp3) is 0.579. The van der Waals surface area contributed by atoms with Gasteiger partial charge in [0.15, 0.2) is 0 Å². The summed E-state index contributed by atoms with van der Waals surface area (Å²) in [5.74, 6) is 0.318. The average molecular weight is 348 g/mol. The lowest BCUT2D eigenvalue weighted by molar-refractivity contribution is -0.134. The minimum absolute atomic E-state index is 0.0124. The molecule has 1 heterocycles. The van der Waals surface area contributed by atoms with E-state index in [1.807, 2.05) is 13.8 Å². The molecule has 6 nitrogen and oxygen atoms in total. The number of hydrogen-bond donors (Lipinski definition) is 1. The van der Waals surface area contributed by atoms with E-state index in [2.05, 4.69) is 5.32 Å². The van der Waals surface area contributed by atoms with Crippen LogP contribution in [0.1, 0.15) is 37.0 Å². The smallest absolute Gasteiger partial charge is 0.251 e. The Labute approximate surface area is 149 Å². The quantitative estimate of drug-likeness (QED) is 0.819. The predicted molar refractivity (Wildman–Crippen MR) is 95.7 cm³/mol. The first-order chi connectivity index (χ1) is 11.9. The molecular weight excluding hydrogens is 320 g/mol. The minimum Gasteiger partial charge on any atom is -0.497 e. The lowest BCUT2D eigenvalue weighted by Gasteiger charge is -2.28. The topological polar surface area (TPSA) is 67.9 Å². The van der Waals surface area contributed by atoms with Crippen molar-refractivity contribution in [2.24, 2.45) is 5.92 Å². The monoisotopic (exact) mass is 348 g/mol. The van der Waals surface area contributed by atoms with E-state index in [4.69, 9.17) is 9.47 Å². The van der Waals surface area contributed by atoms with Crippen LogP contribution in [0.4, 0.5) is 0 Å². The SMILES string of the molecule is COc1ccc(C(=O)NC(C(=O)N(C)CC2CCCO2)C(C)C)cc1. The van der Waals surface area contributed by atoms with Gasteiger partial charge >= 0.3 is 0 Å². The standard InChI is InChI=1S/C19H28N2O4/c1-13(2)17(19(23)21(3)12-16-6-5-11-25-16)20-18(22)14-7-9-15(24-4)10-8-14/h7-10,13,16-17H,5-6,11-12H2,1-4H3,(H,20,22). The summed E-state index contributed by atoms with van der Waals surface area (Å²) in [6.45, 7) is 5.17. The van der Waals surface area contributed by atoms with Crippen molar-refractivity contribution in [1.29, 1.82) is 0 Å². The Hall–Kier alpha value is -2.08. The van der Waals surface area contributed by atoms with Gasteiger partial charge in [0.1, 0.15) is 11.8 Å². The largest absolute Gasteiger partial charge is 0.497 e. The van der Waals surface area contributed by atoms with Crippen LogP contribution in [-0.2, 0) is 9.53 Å². The number of ether oxygens (including phenoxy) is 2. The van der Waals surface area contributed by atoms with E-state index in [9.17, 15) is 9.59 Å². The van der Waals surface area contributed by atoms with Gasteiger partial charge < -0.3 is 19.7 Å². The Morgan fingerprint density at radius 2 is 2.00 bits per heavy atom. The highest BCUT2D eigenvalue weighted by Gasteiger charge is 2.29. The summed E-state index contributed by atoms with van der Waals surface area (Å²) in [6.07, 6.45) is 2.11. The van der Waals surface area contributed by atoms with Gasteiger partial charge in [-0.3, -0.25) is 9.59 Å². The highest BCUT2D eigenvalue weighted by atomic mass is 16.5. The molecule has 0 bridgehead atoms. The number of methoxy groups -OCH3 is 1.